The van der Waals surface area contributed by atoms with E-state index in [-0.39, 0.29) is 11.5 Å². The van der Waals surface area contributed by atoms with Crippen molar-refractivity contribution in [3.63, 3.8) is 0 Å². The number of allylic oxidation sites excluding steroid dienone is 2. The van der Waals surface area contributed by atoms with Gasteiger partial charge in [0.25, 0.3) is 5.69 Å². The molecule has 0 aromatic heterocycles. The van der Waals surface area contributed by atoms with Gasteiger partial charge in [0, 0.05) is 23.3 Å². The van der Waals surface area contributed by atoms with Crippen molar-refractivity contribution in [2.75, 3.05) is 0 Å². The van der Waals surface area contributed by atoms with Crippen molar-refractivity contribution in [3.05, 3.63) is 86.5 Å². The molecule has 0 saturated heterocycles. The van der Waals surface area contributed by atoms with Crippen molar-refractivity contribution in [2.24, 2.45) is 0 Å². The van der Waals surface area contributed by atoms with E-state index in [9.17, 15) is 14.9 Å². The summed E-state index contributed by atoms with van der Waals surface area (Å²) in [7, 11) is 0. The Hall–Kier alpha value is -3.01. The molecule has 0 bridgehead atoms. The molecule has 2 aromatic rings. The van der Waals surface area contributed by atoms with Crippen LogP contribution in [0.25, 0.3) is 12.2 Å². The Bertz CT molecular complexity index is 876. The molecule has 1 aliphatic rings. The van der Waals surface area contributed by atoms with Crippen LogP contribution in [0.1, 0.15) is 36.0 Å². The summed E-state index contributed by atoms with van der Waals surface area (Å²) in [4.78, 5) is 23.2. The fourth-order valence-electron chi connectivity index (χ4n) is 2.97. The normalized spacial score (nSPS) is 17.9. The fourth-order valence-corrected chi connectivity index (χ4v) is 2.97. The van der Waals surface area contributed by atoms with Gasteiger partial charge in [-0.15, -0.1) is 0 Å². The first-order valence-electron chi connectivity index (χ1n) is 8.30. The molecule has 25 heavy (non-hydrogen) atoms. The molecule has 0 N–H and O–H groups in total. The predicted octanol–water partition coefficient (Wildman–Crippen LogP) is 5.12. The average Bonchev–Trinajstić information content (AvgIpc) is 2.60. The molecule has 0 spiro atoms. The van der Waals surface area contributed by atoms with E-state index in [1.54, 1.807) is 18.2 Å². The number of nitro benzene ring substituents is 1. The number of hydrogen-bond donors (Lipinski definition) is 0. The molecule has 4 nitrogen and oxygen atoms in total. The van der Waals surface area contributed by atoms with Crippen molar-refractivity contribution < 1.29 is 9.72 Å². The van der Waals surface area contributed by atoms with Crippen LogP contribution in [0.5, 0.6) is 0 Å². The Kier molecular flexibility index (Phi) is 4.89. The zero-order valence-corrected chi connectivity index (χ0v) is 14.1. The zero-order chi connectivity index (χ0) is 17.8. The zero-order valence-electron chi connectivity index (χ0n) is 14.1. The summed E-state index contributed by atoms with van der Waals surface area (Å²) >= 11 is 0. The van der Waals surface area contributed by atoms with E-state index in [4.69, 9.17) is 0 Å². The lowest BCUT2D eigenvalue weighted by atomic mass is 9.87. The van der Waals surface area contributed by atoms with E-state index in [2.05, 4.69) is 0 Å². The number of nitrogens with zero attached hydrogens (tertiary/aromatic N) is 1. The Labute approximate surface area is 146 Å². The number of ketones is 1. The molecular formula is C21H19NO3. The van der Waals surface area contributed by atoms with Crippen molar-refractivity contribution in [1.29, 1.82) is 0 Å². The highest BCUT2D eigenvalue weighted by Crippen LogP contribution is 2.28. The number of aryl methyl sites for hydroxylation is 1. The maximum absolute atomic E-state index is 12.7. The molecule has 126 valence electrons. The van der Waals surface area contributed by atoms with Crippen LogP contribution in [0, 0.1) is 17.0 Å². The van der Waals surface area contributed by atoms with Crippen molar-refractivity contribution in [2.45, 2.75) is 26.2 Å². The van der Waals surface area contributed by atoms with Gasteiger partial charge in [-0.3, -0.25) is 14.9 Å². The molecule has 3 rings (SSSR count). The van der Waals surface area contributed by atoms with Crippen LogP contribution in [-0.4, -0.2) is 10.7 Å². The molecule has 0 aliphatic heterocycles. The number of hydrogen-bond acceptors (Lipinski definition) is 3. The third-order valence-corrected chi connectivity index (χ3v) is 4.32. The highest BCUT2D eigenvalue weighted by Gasteiger charge is 2.20. The highest BCUT2D eigenvalue weighted by molar-refractivity contribution is 6.13. The minimum absolute atomic E-state index is 0.0352. The Morgan fingerprint density at radius 3 is 2.24 bits per heavy atom. The lowest BCUT2D eigenvalue weighted by Gasteiger charge is -2.16. The Morgan fingerprint density at radius 2 is 1.60 bits per heavy atom. The van der Waals surface area contributed by atoms with E-state index >= 15 is 0 Å². The fraction of sp³-hybridized carbons (Fsp3) is 0.190. The van der Waals surface area contributed by atoms with Gasteiger partial charge >= 0.3 is 0 Å². The van der Waals surface area contributed by atoms with Crippen LogP contribution >= 0.6 is 0 Å². The van der Waals surface area contributed by atoms with E-state index in [1.807, 2.05) is 37.3 Å². The minimum Gasteiger partial charge on any atom is -0.289 e. The van der Waals surface area contributed by atoms with E-state index < -0.39 is 4.92 Å². The maximum atomic E-state index is 12.7. The smallest absolute Gasteiger partial charge is 0.270 e. The Morgan fingerprint density at radius 1 is 0.960 bits per heavy atom. The van der Waals surface area contributed by atoms with Gasteiger partial charge in [-0.2, -0.15) is 0 Å². The third kappa shape index (κ3) is 4.10. The van der Waals surface area contributed by atoms with E-state index in [0.717, 1.165) is 24.0 Å². The third-order valence-electron chi connectivity index (χ3n) is 4.32. The van der Waals surface area contributed by atoms with Gasteiger partial charge in [0.1, 0.15) is 0 Å². The SMILES string of the molecule is Cc1ccc(/C=C2\CCC/C(=C\c3cccc([N+](=O)[O-])c3)C2=O)cc1. The topological polar surface area (TPSA) is 60.2 Å². The van der Waals surface area contributed by atoms with Crippen LogP contribution in [0.3, 0.4) is 0 Å². The van der Waals surface area contributed by atoms with Crippen LogP contribution in [-0.2, 0) is 4.79 Å². The summed E-state index contributed by atoms with van der Waals surface area (Å²) in [6.45, 7) is 2.03. The van der Waals surface area contributed by atoms with Crippen molar-refractivity contribution >= 4 is 23.6 Å². The molecule has 0 atom stereocenters. The summed E-state index contributed by atoms with van der Waals surface area (Å²) in [6.07, 6.45) is 6.09. The number of rotatable bonds is 3. The first kappa shape index (κ1) is 16.8. The second-order valence-electron chi connectivity index (χ2n) is 6.28. The van der Waals surface area contributed by atoms with Gasteiger partial charge in [0.15, 0.2) is 5.78 Å². The average molecular weight is 333 g/mol. The van der Waals surface area contributed by atoms with Gasteiger partial charge in [-0.05, 0) is 49.5 Å². The van der Waals surface area contributed by atoms with Crippen LogP contribution in [0.15, 0.2) is 59.7 Å². The van der Waals surface area contributed by atoms with E-state index in [1.165, 1.54) is 17.7 Å². The van der Waals surface area contributed by atoms with Crippen molar-refractivity contribution in [1.82, 2.24) is 0 Å². The number of Topliss-reactive ketones (excluding diaryl/α,β-unsaturated/α-hetero) is 1. The standard InChI is InChI=1S/C21H19NO3/c1-15-8-10-16(11-9-15)12-18-5-3-6-19(21(18)23)13-17-4-2-7-20(14-17)22(24)25/h2,4,7-14H,3,5-6H2,1H3/b18-12+,19-13+. The molecule has 1 saturated carbocycles. The second kappa shape index (κ2) is 7.26. The monoisotopic (exact) mass is 333 g/mol. The highest BCUT2D eigenvalue weighted by atomic mass is 16.6. The predicted molar refractivity (Wildman–Crippen MR) is 99.1 cm³/mol. The van der Waals surface area contributed by atoms with Crippen LogP contribution in [0.4, 0.5) is 5.69 Å². The van der Waals surface area contributed by atoms with Crippen LogP contribution < -0.4 is 0 Å². The molecule has 0 unspecified atom stereocenters. The van der Waals surface area contributed by atoms with Gasteiger partial charge < -0.3 is 0 Å². The van der Waals surface area contributed by atoms with E-state index in [0.29, 0.717) is 17.6 Å². The summed E-state index contributed by atoms with van der Waals surface area (Å²) < 4.78 is 0. The van der Waals surface area contributed by atoms with Crippen LogP contribution in [0.2, 0.25) is 0 Å². The first-order valence-corrected chi connectivity index (χ1v) is 8.30. The molecule has 4 heteroatoms. The molecule has 0 radical (unpaired) electrons. The Balaban J connectivity index is 1.88. The first-order chi connectivity index (χ1) is 12.0. The molecule has 0 heterocycles. The lowest BCUT2D eigenvalue weighted by molar-refractivity contribution is -0.384. The number of carbonyl (C=O) groups excluding carboxylic acids is 1. The molecule has 0 amide bonds. The molecule has 1 aliphatic carbocycles. The van der Waals surface area contributed by atoms with Gasteiger partial charge in [-0.1, -0.05) is 42.0 Å². The van der Waals surface area contributed by atoms with Gasteiger partial charge in [-0.25, -0.2) is 0 Å². The summed E-state index contributed by atoms with van der Waals surface area (Å²) in [5.74, 6) is 0.0401. The van der Waals surface area contributed by atoms with Gasteiger partial charge in [0.05, 0.1) is 4.92 Å². The van der Waals surface area contributed by atoms with Gasteiger partial charge in [0.2, 0.25) is 0 Å². The van der Waals surface area contributed by atoms with Crippen molar-refractivity contribution in [3.8, 4) is 0 Å². The molecule has 2 aromatic carbocycles. The number of nitro groups is 1. The maximum Gasteiger partial charge on any atom is 0.270 e. The number of benzene rings is 2. The molecular weight excluding hydrogens is 314 g/mol. The summed E-state index contributed by atoms with van der Waals surface area (Å²) in [5.41, 5.74) is 4.44. The number of non-ortho nitro benzene ring substituents is 1. The molecule has 1 fully saturated rings. The minimum atomic E-state index is -0.423. The largest absolute Gasteiger partial charge is 0.289 e. The lowest BCUT2D eigenvalue weighted by Crippen LogP contribution is -2.12. The second-order valence-corrected chi connectivity index (χ2v) is 6.28. The summed E-state index contributed by atoms with van der Waals surface area (Å²) in [5, 5.41) is 10.9. The summed E-state index contributed by atoms with van der Waals surface area (Å²) in [6, 6.07) is 14.4. The number of carbonyl (C=O) groups is 1. The quantitative estimate of drug-likeness (QED) is 0.445.